The summed E-state index contributed by atoms with van der Waals surface area (Å²) in [4.78, 5) is 0. The first-order valence-corrected chi connectivity index (χ1v) is 7.84. The number of unbranched alkanes of at least 4 members (excludes halogenated alkanes) is 1. The summed E-state index contributed by atoms with van der Waals surface area (Å²) < 4.78 is 0. The van der Waals surface area contributed by atoms with Crippen LogP contribution in [0.25, 0.3) is 12.2 Å². The van der Waals surface area contributed by atoms with E-state index < -0.39 is 0 Å². The lowest BCUT2D eigenvalue weighted by Gasteiger charge is -2.04. The average Bonchev–Trinajstić information content (AvgIpc) is 2.54. The van der Waals surface area contributed by atoms with Gasteiger partial charge in [-0.25, -0.2) is 0 Å². The van der Waals surface area contributed by atoms with Crippen molar-refractivity contribution in [3.8, 4) is 0 Å². The molecule has 2 aromatic carbocycles. The lowest BCUT2D eigenvalue weighted by atomic mass is 10.0. The Morgan fingerprint density at radius 2 is 1.48 bits per heavy atom. The monoisotopic (exact) mass is 276 g/mol. The Labute approximate surface area is 128 Å². The van der Waals surface area contributed by atoms with Crippen molar-refractivity contribution >= 4 is 12.2 Å². The third kappa shape index (κ3) is 5.83. The topological polar surface area (TPSA) is 0 Å². The predicted molar refractivity (Wildman–Crippen MR) is 94.0 cm³/mol. The van der Waals surface area contributed by atoms with E-state index in [-0.39, 0.29) is 0 Å². The lowest BCUT2D eigenvalue weighted by Crippen LogP contribution is -1.84. The van der Waals surface area contributed by atoms with Gasteiger partial charge in [-0.3, -0.25) is 0 Å². The number of rotatable bonds is 7. The SMILES string of the molecule is CCCC/C(=C\c1ccccc1)C/C=C/c1ccccc1. The van der Waals surface area contributed by atoms with Crippen LogP contribution in [0.1, 0.15) is 43.7 Å². The fourth-order valence-electron chi connectivity index (χ4n) is 2.33. The highest BCUT2D eigenvalue weighted by atomic mass is 14.0. The van der Waals surface area contributed by atoms with Crippen LogP contribution < -0.4 is 0 Å². The third-order valence-electron chi connectivity index (χ3n) is 3.51. The van der Waals surface area contributed by atoms with Gasteiger partial charge in [0.25, 0.3) is 0 Å². The average molecular weight is 276 g/mol. The molecule has 0 aliphatic heterocycles. The van der Waals surface area contributed by atoms with Crippen molar-refractivity contribution < 1.29 is 0 Å². The molecule has 0 aliphatic carbocycles. The van der Waals surface area contributed by atoms with E-state index in [0.29, 0.717) is 0 Å². The summed E-state index contributed by atoms with van der Waals surface area (Å²) in [5, 5.41) is 0. The number of allylic oxidation sites excluding steroid dienone is 2. The summed E-state index contributed by atoms with van der Waals surface area (Å²) in [6.07, 6.45) is 11.6. The Bertz CT molecular complexity index is 562. The normalized spacial score (nSPS) is 12.0. The van der Waals surface area contributed by atoms with Gasteiger partial charge in [0, 0.05) is 0 Å². The Morgan fingerprint density at radius 1 is 0.857 bits per heavy atom. The molecule has 0 nitrogen and oxygen atoms in total. The smallest absolute Gasteiger partial charge is 0.0132 e. The van der Waals surface area contributed by atoms with Crippen LogP contribution in [0, 0.1) is 0 Å². The zero-order valence-electron chi connectivity index (χ0n) is 12.8. The third-order valence-corrected chi connectivity index (χ3v) is 3.51. The van der Waals surface area contributed by atoms with Gasteiger partial charge >= 0.3 is 0 Å². The number of hydrogen-bond donors (Lipinski definition) is 0. The minimum absolute atomic E-state index is 1.03. The quantitative estimate of drug-likeness (QED) is 0.551. The first-order chi connectivity index (χ1) is 10.4. The second kappa shape index (κ2) is 8.97. The molecule has 0 aliphatic rings. The van der Waals surface area contributed by atoms with E-state index in [1.165, 1.54) is 36.0 Å². The molecule has 0 aromatic heterocycles. The number of benzene rings is 2. The van der Waals surface area contributed by atoms with Gasteiger partial charge in [0.15, 0.2) is 0 Å². The molecule has 0 N–H and O–H groups in total. The van der Waals surface area contributed by atoms with Crippen molar-refractivity contribution in [1.82, 2.24) is 0 Å². The van der Waals surface area contributed by atoms with Gasteiger partial charge in [-0.15, -0.1) is 0 Å². The van der Waals surface area contributed by atoms with Crippen molar-refractivity contribution in [2.75, 3.05) is 0 Å². The lowest BCUT2D eigenvalue weighted by molar-refractivity contribution is 0.779. The van der Waals surface area contributed by atoms with Crippen molar-refractivity contribution in [3.63, 3.8) is 0 Å². The van der Waals surface area contributed by atoms with Gasteiger partial charge in [0.2, 0.25) is 0 Å². The van der Waals surface area contributed by atoms with Gasteiger partial charge in [0.05, 0.1) is 0 Å². The second-order valence-electron chi connectivity index (χ2n) is 5.33. The largest absolute Gasteiger partial charge is 0.0799 e. The van der Waals surface area contributed by atoms with Gasteiger partial charge in [-0.2, -0.15) is 0 Å². The summed E-state index contributed by atoms with van der Waals surface area (Å²) in [6.45, 7) is 2.25. The van der Waals surface area contributed by atoms with Gasteiger partial charge < -0.3 is 0 Å². The zero-order chi connectivity index (χ0) is 14.8. The van der Waals surface area contributed by atoms with Crippen LogP contribution >= 0.6 is 0 Å². The van der Waals surface area contributed by atoms with E-state index in [0.717, 1.165) is 6.42 Å². The minimum atomic E-state index is 1.03. The first kappa shape index (κ1) is 15.3. The van der Waals surface area contributed by atoms with Crippen molar-refractivity contribution in [1.29, 1.82) is 0 Å². The Kier molecular flexibility index (Phi) is 6.54. The Morgan fingerprint density at radius 3 is 2.10 bits per heavy atom. The molecule has 0 unspecified atom stereocenters. The van der Waals surface area contributed by atoms with Crippen LogP contribution in [0.5, 0.6) is 0 Å². The highest BCUT2D eigenvalue weighted by molar-refractivity contribution is 5.55. The summed E-state index contributed by atoms with van der Waals surface area (Å²) >= 11 is 0. The molecule has 0 fully saturated rings. The van der Waals surface area contributed by atoms with E-state index in [9.17, 15) is 0 Å². The summed E-state index contributed by atoms with van der Waals surface area (Å²) in [6, 6.07) is 21.1. The first-order valence-electron chi connectivity index (χ1n) is 7.84. The molecule has 0 bridgehead atoms. The van der Waals surface area contributed by atoms with E-state index in [2.05, 4.69) is 85.8 Å². The van der Waals surface area contributed by atoms with Gasteiger partial charge in [0.1, 0.15) is 0 Å². The molecule has 0 saturated carbocycles. The van der Waals surface area contributed by atoms with Crippen LogP contribution in [-0.4, -0.2) is 0 Å². The Hall–Kier alpha value is -2.08. The molecule has 0 heteroatoms. The fourth-order valence-corrected chi connectivity index (χ4v) is 2.33. The van der Waals surface area contributed by atoms with Crippen LogP contribution in [-0.2, 0) is 0 Å². The molecule has 21 heavy (non-hydrogen) atoms. The summed E-state index contributed by atoms with van der Waals surface area (Å²) in [5.74, 6) is 0. The van der Waals surface area contributed by atoms with E-state index in [1.54, 1.807) is 0 Å². The molecule has 0 radical (unpaired) electrons. The standard InChI is InChI=1S/C21H24/c1-2-3-11-20(18-21-14-8-5-9-15-21)17-10-16-19-12-6-4-7-13-19/h4-10,12-16,18H,2-3,11,17H2,1H3/b16-10+,20-18+. The molecule has 2 rings (SSSR count). The maximum atomic E-state index is 2.34. The maximum Gasteiger partial charge on any atom is -0.0132 e. The van der Waals surface area contributed by atoms with E-state index in [4.69, 9.17) is 0 Å². The molecular formula is C21H24. The zero-order valence-corrected chi connectivity index (χ0v) is 12.8. The van der Waals surface area contributed by atoms with Crippen LogP contribution in [0.3, 0.4) is 0 Å². The molecule has 0 saturated heterocycles. The van der Waals surface area contributed by atoms with Crippen molar-refractivity contribution in [2.45, 2.75) is 32.6 Å². The molecule has 0 spiro atoms. The van der Waals surface area contributed by atoms with E-state index in [1.807, 2.05) is 0 Å². The Balaban J connectivity index is 2.03. The second-order valence-corrected chi connectivity index (χ2v) is 5.33. The minimum Gasteiger partial charge on any atom is -0.0799 e. The van der Waals surface area contributed by atoms with E-state index >= 15 is 0 Å². The molecule has 0 amide bonds. The molecule has 108 valence electrons. The predicted octanol–water partition coefficient (Wildman–Crippen LogP) is 6.36. The van der Waals surface area contributed by atoms with Crippen LogP contribution in [0.15, 0.2) is 72.3 Å². The van der Waals surface area contributed by atoms with Crippen molar-refractivity contribution in [2.24, 2.45) is 0 Å². The van der Waals surface area contributed by atoms with Gasteiger partial charge in [-0.05, 0) is 30.4 Å². The molecule has 0 heterocycles. The van der Waals surface area contributed by atoms with Gasteiger partial charge in [-0.1, -0.05) is 97.8 Å². The van der Waals surface area contributed by atoms with Crippen molar-refractivity contribution in [3.05, 3.63) is 83.4 Å². The highest BCUT2D eigenvalue weighted by Crippen LogP contribution is 2.17. The summed E-state index contributed by atoms with van der Waals surface area (Å²) in [5.41, 5.74) is 4.08. The molecular weight excluding hydrogens is 252 g/mol. The highest BCUT2D eigenvalue weighted by Gasteiger charge is 1.96. The maximum absolute atomic E-state index is 2.34. The molecule has 2 aromatic rings. The van der Waals surface area contributed by atoms with Crippen LogP contribution in [0.2, 0.25) is 0 Å². The molecule has 0 atom stereocenters. The fraction of sp³-hybridized carbons (Fsp3) is 0.238. The summed E-state index contributed by atoms with van der Waals surface area (Å²) in [7, 11) is 0. The van der Waals surface area contributed by atoms with Crippen LogP contribution in [0.4, 0.5) is 0 Å². The number of hydrogen-bond acceptors (Lipinski definition) is 0.